The molecule has 0 saturated heterocycles. The van der Waals surface area contributed by atoms with Gasteiger partial charge >= 0.3 is 11.9 Å². The normalized spacial score (nSPS) is 11.3. The lowest BCUT2D eigenvalue weighted by Crippen LogP contribution is -2.21. The van der Waals surface area contributed by atoms with Gasteiger partial charge in [-0.25, -0.2) is 4.79 Å². The minimum atomic E-state index is -0.812. The maximum atomic E-state index is 11.8. The Bertz CT molecular complexity index is 1310. The fraction of sp³-hybridized carbons (Fsp3) is 0.405. The van der Waals surface area contributed by atoms with Crippen molar-refractivity contribution in [3.63, 3.8) is 0 Å². The standard InChI is InChI=1S/C32H40O4.C5H8O2/c1-4-5-6-7-25-8-10-26(11-9-25)12-13-27-14-16-31-20-28(15-17-30(31)19-27)18-29(21-35-23-33)22-36-32(34)24(2)3;1-4(2)3-5(6)7/h8-11,14-17,19-20,29,33H,2,4-7,12-13,18,21-23H2,1,3H3;1,3H2,2H3,(H,6,7). The molecule has 0 heterocycles. The summed E-state index contributed by atoms with van der Waals surface area (Å²) in [4.78, 5) is 21.5. The summed E-state index contributed by atoms with van der Waals surface area (Å²) >= 11 is 0. The number of aryl methyl sites for hydroxylation is 3. The maximum absolute atomic E-state index is 11.8. The van der Waals surface area contributed by atoms with Crippen LogP contribution in [0, 0.1) is 5.92 Å². The summed E-state index contributed by atoms with van der Waals surface area (Å²) < 4.78 is 10.5. The molecule has 1 unspecified atom stereocenters. The molecule has 0 saturated carbocycles. The summed E-state index contributed by atoms with van der Waals surface area (Å²) in [5.41, 5.74) is 6.36. The van der Waals surface area contributed by atoms with E-state index in [0.717, 1.165) is 18.4 Å². The van der Waals surface area contributed by atoms with Gasteiger partial charge in [0.25, 0.3) is 0 Å². The third-order valence-corrected chi connectivity index (χ3v) is 6.98. The average Bonchev–Trinajstić information content (AvgIpc) is 2.97. The molecule has 0 amide bonds. The minimum Gasteiger partial charge on any atom is -0.481 e. The van der Waals surface area contributed by atoms with Crippen molar-refractivity contribution in [2.45, 2.75) is 72.1 Å². The Morgan fingerprint density at radius 3 is 1.88 bits per heavy atom. The molecule has 0 aliphatic rings. The number of carboxylic acid groups (broad SMARTS) is 1. The number of hydrogen-bond donors (Lipinski definition) is 2. The lowest BCUT2D eigenvalue weighted by atomic mass is 9.96. The van der Waals surface area contributed by atoms with Gasteiger partial charge in [-0.2, -0.15) is 0 Å². The Hall–Kier alpha value is -3.74. The highest BCUT2D eigenvalue weighted by molar-refractivity contribution is 5.87. The SMILES string of the molecule is C=C(C)C(=O)OCC(COCO)Cc1ccc2cc(CCc3ccc(CCCCC)cc3)ccc2c1.C=C(C)CC(=O)O. The van der Waals surface area contributed by atoms with E-state index in [-0.39, 0.29) is 25.7 Å². The van der Waals surface area contributed by atoms with Crippen molar-refractivity contribution in [2.24, 2.45) is 5.92 Å². The van der Waals surface area contributed by atoms with Crippen molar-refractivity contribution >= 4 is 22.7 Å². The van der Waals surface area contributed by atoms with Crippen molar-refractivity contribution in [3.8, 4) is 0 Å². The molecule has 3 rings (SSSR count). The molecule has 0 aliphatic heterocycles. The zero-order chi connectivity index (χ0) is 31.6. The van der Waals surface area contributed by atoms with E-state index in [1.54, 1.807) is 13.8 Å². The third-order valence-electron chi connectivity index (χ3n) is 6.98. The number of ether oxygens (including phenoxy) is 2. The second-order valence-electron chi connectivity index (χ2n) is 11.3. The molecule has 3 aromatic rings. The van der Waals surface area contributed by atoms with Crippen LogP contribution in [-0.4, -0.2) is 42.2 Å². The monoisotopic (exact) mass is 588 g/mol. The van der Waals surface area contributed by atoms with E-state index in [1.165, 1.54) is 53.1 Å². The van der Waals surface area contributed by atoms with Gasteiger partial charge in [0, 0.05) is 11.5 Å². The average molecular weight is 589 g/mol. The van der Waals surface area contributed by atoms with Crippen molar-refractivity contribution in [1.29, 1.82) is 0 Å². The molecule has 6 nitrogen and oxygen atoms in total. The number of aliphatic hydroxyl groups is 1. The van der Waals surface area contributed by atoms with Gasteiger partial charge in [-0.15, -0.1) is 0 Å². The maximum Gasteiger partial charge on any atom is 0.333 e. The predicted octanol–water partition coefficient (Wildman–Crippen LogP) is 7.64. The van der Waals surface area contributed by atoms with E-state index in [0.29, 0.717) is 24.2 Å². The van der Waals surface area contributed by atoms with Crippen LogP contribution < -0.4 is 0 Å². The van der Waals surface area contributed by atoms with Crippen molar-refractivity contribution < 1.29 is 29.3 Å². The summed E-state index contributed by atoms with van der Waals surface area (Å²) in [6, 6.07) is 22.3. The fourth-order valence-electron chi connectivity index (χ4n) is 4.66. The van der Waals surface area contributed by atoms with Crippen molar-refractivity contribution in [1.82, 2.24) is 0 Å². The molecular weight excluding hydrogens is 540 g/mol. The second-order valence-corrected chi connectivity index (χ2v) is 11.3. The Labute approximate surface area is 257 Å². The van der Waals surface area contributed by atoms with Crippen LogP contribution in [0.15, 0.2) is 85.0 Å². The van der Waals surface area contributed by atoms with Gasteiger partial charge in [0.2, 0.25) is 0 Å². The molecule has 232 valence electrons. The highest BCUT2D eigenvalue weighted by Gasteiger charge is 2.14. The number of rotatable bonds is 17. The number of carbonyl (C=O) groups is 2. The van der Waals surface area contributed by atoms with Crippen LogP contribution >= 0.6 is 0 Å². The number of carbonyl (C=O) groups excluding carboxylic acids is 1. The number of benzene rings is 3. The molecule has 1 atom stereocenters. The number of fused-ring (bicyclic) bond motifs is 1. The smallest absolute Gasteiger partial charge is 0.333 e. The first kappa shape index (κ1) is 35.5. The number of hydrogen-bond acceptors (Lipinski definition) is 5. The van der Waals surface area contributed by atoms with Crippen LogP contribution in [0.5, 0.6) is 0 Å². The Morgan fingerprint density at radius 2 is 1.35 bits per heavy atom. The molecule has 3 aromatic carbocycles. The van der Waals surface area contributed by atoms with E-state index in [4.69, 9.17) is 19.7 Å². The van der Waals surface area contributed by atoms with Crippen LogP contribution in [0.25, 0.3) is 10.8 Å². The lowest BCUT2D eigenvalue weighted by Gasteiger charge is -2.17. The van der Waals surface area contributed by atoms with E-state index in [9.17, 15) is 9.59 Å². The zero-order valence-electron chi connectivity index (χ0n) is 26.1. The zero-order valence-corrected chi connectivity index (χ0v) is 26.1. The van der Waals surface area contributed by atoms with Crippen LogP contribution in [0.3, 0.4) is 0 Å². The Kier molecular flexibility index (Phi) is 16.0. The van der Waals surface area contributed by atoms with Gasteiger partial charge in [-0.05, 0) is 79.0 Å². The Morgan fingerprint density at radius 1 is 0.791 bits per heavy atom. The molecule has 0 aromatic heterocycles. The largest absolute Gasteiger partial charge is 0.481 e. The number of aliphatic carboxylic acids is 1. The van der Waals surface area contributed by atoms with Gasteiger partial charge < -0.3 is 19.7 Å². The first-order valence-electron chi connectivity index (χ1n) is 15.1. The molecule has 0 fully saturated rings. The summed E-state index contributed by atoms with van der Waals surface area (Å²) in [7, 11) is 0. The minimum absolute atomic E-state index is 0.0461. The van der Waals surface area contributed by atoms with Gasteiger partial charge in [0.05, 0.1) is 19.6 Å². The van der Waals surface area contributed by atoms with Gasteiger partial charge in [0.1, 0.15) is 6.79 Å². The lowest BCUT2D eigenvalue weighted by molar-refractivity contribution is -0.141. The summed E-state index contributed by atoms with van der Waals surface area (Å²) in [5, 5.41) is 19.5. The van der Waals surface area contributed by atoms with Crippen LogP contribution in [0.2, 0.25) is 0 Å². The van der Waals surface area contributed by atoms with Crippen LogP contribution in [0.1, 0.15) is 68.7 Å². The van der Waals surface area contributed by atoms with Gasteiger partial charge in [-0.1, -0.05) is 99.2 Å². The van der Waals surface area contributed by atoms with Crippen LogP contribution in [0.4, 0.5) is 0 Å². The summed E-state index contributed by atoms with van der Waals surface area (Å²) in [5.74, 6) is -1.26. The molecule has 0 bridgehead atoms. The molecule has 6 heteroatoms. The number of esters is 1. The topological polar surface area (TPSA) is 93.1 Å². The first-order valence-corrected chi connectivity index (χ1v) is 15.1. The van der Waals surface area contributed by atoms with Crippen LogP contribution in [-0.2, 0) is 44.7 Å². The molecule has 0 aliphatic carbocycles. The second kappa shape index (κ2) is 19.4. The summed E-state index contributed by atoms with van der Waals surface area (Å²) in [6.07, 6.45) is 7.84. The summed E-state index contributed by atoms with van der Waals surface area (Å²) in [6.45, 7) is 12.8. The molecule has 2 N–H and O–H groups in total. The van der Waals surface area contributed by atoms with E-state index in [2.05, 4.69) is 80.7 Å². The van der Waals surface area contributed by atoms with Crippen molar-refractivity contribution in [3.05, 3.63) is 107 Å². The van der Waals surface area contributed by atoms with Gasteiger partial charge in [-0.3, -0.25) is 4.79 Å². The van der Waals surface area contributed by atoms with E-state index in [1.807, 2.05) is 0 Å². The fourth-order valence-corrected chi connectivity index (χ4v) is 4.66. The molecule has 0 spiro atoms. The molecule has 43 heavy (non-hydrogen) atoms. The van der Waals surface area contributed by atoms with E-state index < -0.39 is 11.9 Å². The predicted molar refractivity (Wildman–Crippen MR) is 174 cm³/mol. The van der Waals surface area contributed by atoms with Crippen molar-refractivity contribution in [2.75, 3.05) is 20.0 Å². The third kappa shape index (κ3) is 14.3. The highest BCUT2D eigenvalue weighted by atomic mass is 16.6. The van der Waals surface area contributed by atoms with E-state index >= 15 is 0 Å². The van der Waals surface area contributed by atoms with Gasteiger partial charge in [0.15, 0.2) is 0 Å². The highest BCUT2D eigenvalue weighted by Crippen LogP contribution is 2.22. The number of unbranched alkanes of at least 4 members (excludes halogenated alkanes) is 2. The number of aliphatic hydroxyl groups excluding tert-OH is 1. The molecule has 0 radical (unpaired) electrons. The first-order chi connectivity index (χ1) is 20.6. The molecular formula is C37H48O6. The number of carboxylic acids is 1. The quantitative estimate of drug-likeness (QED) is 0.0553. The Balaban J connectivity index is 0.000000821.